The summed E-state index contributed by atoms with van der Waals surface area (Å²) in [6.45, 7) is 0. The molecule has 1 aromatic heterocycles. The molecule has 0 saturated carbocycles. The smallest absolute Gasteiger partial charge is 0.207 e. The van der Waals surface area contributed by atoms with E-state index in [2.05, 4.69) is 4.98 Å². The number of carbonyl (C=O) groups is 1. The number of fused-ring (bicyclic) bond motifs is 1. The average Bonchev–Trinajstić information content (AvgIpc) is 3.02. The highest BCUT2D eigenvalue weighted by atomic mass is 16.5. The summed E-state index contributed by atoms with van der Waals surface area (Å²) < 4.78 is 5.20. The third kappa shape index (κ3) is 2.72. The second kappa shape index (κ2) is 6.20. The van der Waals surface area contributed by atoms with Crippen LogP contribution in [0.25, 0.3) is 17.0 Å². The van der Waals surface area contributed by atoms with E-state index in [9.17, 15) is 10.1 Å². The Morgan fingerprint density at radius 1 is 1.17 bits per heavy atom. The third-order valence-electron chi connectivity index (χ3n) is 3.64. The van der Waals surface area contributed by atoms with Crippen molar-refractivity contribution in [3.05, 3.63) is 71.4 Å². The lowest BCUT2D eigenvalue weighted by molar-refractivity contribution is 0.103. The number of nitriles is 1. The van der Waals surface area contributed by atoms with Crippen LogP contribution in [0.5, 0.6) is 5.75 Å². The number of methoxy groups -OCH3 is 1. The zero-order valence-electron chi connectivity index (χ0n) is 12.5. The van der Waals surface area contributed by atoms with E-state index in [1.54, 1.807) is 36.5 Å². The zero-order valence-corrected chi connectivity index (χ0v) is 12.5. The summed E-state index contributed by atoms with van der Waals surface area (Å²) in [5, 5.41) is 10.4. The SMILES string of the molecule is COc1ccccc1C(=O)/C(C#N)=C/c1c[nH]c2ccccc12. The van der Waals surface area contributed by atoms with Crippen LogP contribution >= 0.6 is 0 Å². The van der Waals surface area contributed by atoms with Crippen molar-refractivity contribution in [2.24, 2.45) is 0 Å². The van der Waals surface area contributed by atoms with Gasteiger partial charge >= 0.3 is 0 Å². The second-order valence-corrected chi connectivity index (χ2v) is 4.99. The van der Waals surface area contributed by atoms with Gasteiger partial charge in [0.1, 0.15) is 17.4 Å². The summed E-state index contributed by atoms with van der Waals surface area (Å²) >= 11 is 0. The number of nitrogens with one attached hydrogen (secondary N) is 1. The Morgan fingerprint density at radius 2 is 1.91 bits per heavy atom. The zero-order chi connectivity index (χ0) is 16.2. The Kier molecular flexibility index (Phi) is 3.94. The van der Waals surface area contributed by atoms with Crippen molar-refractivity contribution in [1.29, 1.82) is 5.26 Å². The van der Waals surface area contributed by atoms with E-state index in [0.717, 1.165) is 16.5 Å². The number of aromatic amines is 1. The summed E-state index contributed by atoms with van der Waals surface area (Å²) in [7, 11) is 1.50. The van der Waals surface area contributed by atoms with Gasteiger partial charge in [-0.25, -0.2) is 0 Å². The molecule has 0 bridgehead atoms. The molecule has 112 valence electrons. The molecule has 1 heterocycles. The summed E-state index contributed by atoms with van der Waals surface area (Å²) in [5.74, 6) is 0.104. The average molecular weight is 302 g/mol. The van der Waals surface area contributed by atoms with Crippen LogP contribution in [0.2, 0.25) is 0 Å². The Bertz CT molecular complexity index is 945. The largest absolute Gasteiger partial charge is 0.496 e. The molecule has 0 aliphatic rings. The molecule has 0 spiro atoms. The van der Waals surface area contributed by atoms with Crippen molar-refractivity contribution in [2.75, 3.05) is 7.11 Å². The van der Waals surface area contributed by atoms with Crippen LogP contribution in [0, 0.1) is 11.3 Å². The van der Waals surface area contributed by atoms with Gasteiger partial charge in [0.25, 0.3) is 0 Å². The summed E-state index contributed by atoms with van der Waals surface area (Å²) in [6.07, 6.45) is 3.39. The number of ether oxygens (including phenoxy) is 1. The van der Waals surface area contributed by atoms with Crippen molar-refractivity contribution in [3.8, 4) is 11.8 Å². The standard InChI is InChI=1S/C19H14N2O2/c1-23-18-9-5-3-7-16(18)19(22)13(11-20)10-14-12-21-17-8-4-2-6-15(14)17/h2-10,12,21H,1H3/b13-10+. The topological polar surface area (TPSA) is 65.9 Å². The number of H-pyrrole nitrogens is 1. The molecule has 0 amide bonds. The number of benzene rings is 2. The van der Waals surface area contributed by atoms with E-state index < -0.39 is 0 Å². The highest BCUT2D eigenvalue weighted by Crippen LogP contribution is 2.24. The van der Waals surface area contributed by atoms with Crippen molar-refractivity contribution >= 4 is 22.8 Å². The number of Topliss-reactive ketones (excluding diaryl/α,β-unsaturated/α-hetero) is 1. The number of nitrogens with zero attached hydrogens (tertiary/aromatic N) is 1. The van der Waals surface area contributed by atoms with E-state index in [-0.39, 0.29) is 11.4 Å². The van der Waals surface area contributed by atoms with Crippen molar-refractivity contribution < 1.29 is 9.53 Å². The van der Waals surface area contributed by atoms with E-state index in [4.69, 9.17) is 4.74 Å². The predicted molar refractivity (Wildman–Crippen MR) is 89.2 cm³/mol. The number of hydrogen-bond donors (Lipinski definition) is 1. The van der Waals surface area contributed by atoms with Crippen LogP contribution in [0.1, 0.15) is 15.9 Å². The van der Waals surface area contributed by atoms with Gasteiger partial charge in [-0.15, -0.1) is 0 Å². The van der Waals surface area contributed by atoms with Gasteiger partial charge in [0.05, 0.1) is 12.7 Å². The molecular weight excluding hydrogens is 288 g/mol. The van der Waals surface area contributed by atoms with Gasteiger partial charge in [0.15, 0.2) is 0 Å². The van der Waals surface area contributed by atoms with Gasteiger partial charge in [-0.3, -0.25) is 4.79 Å². The molecule has 1 N–H and O–H groups in total. The van der Waals surface area contributed by atoms with E-state index in [0.29, 0.717) is 11.3 Å². The molecule has 3 aromatic rings. The lowest BCUT2D eigenvalue weighted by Crippen LogP contribution is -2.04. The highest BCUT2D eigenvalue weighted by molar-refractivity contribution is 6.16. The molecule has 23 heavy (non-hydrogen) atoms. The van der Waals surface area contributed by atoms with Crippen LogP contribution in [-0.2, 0) is 0 Å². The predicted octanol–water partition coefficient (Wildman–Crippen LogP) is 3.97. The van der Waals surface area contributed by atoms with Crippen molar-refractivity contribution in [3.63, 3.8) is 0 Å². The first-order chi connectivity index (χ1) is 11.2. The summed E-state index contributed by atoms with van der Waals surface area (Å²) in [5.41, 5.74) is 2.21. The first kappa shape index (κ1) is 14.6. The van der Waals surface area contributed by atoms with Gasteiger partial charge < -0.3 is 9.72 Å². The molecule has 0 aliphatic heterocycles. The lowest BCUT2D eigenvalue weighted by atomic mass is 10.0. The van der Waals surface area contributed by atoms with Crippen LogP contribution in [0.4, 0.5) is 0 Å². The van der Waals surface area contributed by atoms with Crippen LogP contribution < -0.4 is 4.74 Å². The Morgan fingerprint density at radius 3 is 2.70 bits per heavy atom. The molecule has 3 rings (SSSR count). The third-order valence-corrected chi connectivity index (χ3v) is 3.64. The molecular formula is C19H14N2O2. The number of hydrogen-bond acceptors (Lipinski definition) is 3. The minimum absolute atomic E-state index is 0.0688. The number of carbonyl (C=O) groups excluding carboxylic acids is 1. The maximum atomic E-state index is 12.6. The normalized spacial score (nSPS) is 11.2. The van der Waals surface area contributed by atoms with Gasteiger partial charge in [0.2, 0.25) is 5.78 Å². The maximum absolute atomic E-state index is 12.6. The number of allylic oxidation sites excluding steroid dienone is 1. The molecule has 4 nitrogen and oxygen atoms in total. The lowest BCUT2D eigenvalue weighted by Gasteiger charge is -2.06. The molecule has 0 fully saturated rings. The summed E-state index contributed by atoms with van der Waals surface area (Å²) in [4.78, 5) is 15.8. The first-order valence-electron chi connectivity index (χ1n) is 7.10. The second-order valence-electron chi connectivity index (χ2n) is 4.99. The van der Waals surface area contributed by atoms with E-state index >= 15 is 0 Å². The Balaban J connectivity index is 2.06. The quantitative estimate of drug-likeness (QED) is 0.450. The van der Waals surface area contributed by atoms with E-state index in [1.165, 1.54) is 7.11 Å². The number of rotatable bonds is 4. The van der Waals surface area contributed by atoms with Crippen LogP contribution in [0.15, 0.2) is 60.3 Å². The van der Waals surface area contributed by atoms with Crippen LogP contribution in [-0.4, -0.2) is 17.9 Å². The fraction of sp³-hybridized carbons (Fsp3) is 0.0526. The number of ketones is 1. The highest BCUT2D eigenvalue weighted by Gasteiger charge is 2.17. The minimum Gasteiger partial charge on any atom is -0.496 e. The Hall–Kier alpha value is -3.32. The Labute approximate surface area is 133 Å². The van der Waals surface area contributed by atoms with Crippen molar-refractivity contribution in [1.82, 2.24) is 4.98 Å². The molecule has 4 heteroatoms. The fourth-order valence-corrected chi connectivity index (χ4v) is 2.49. The molecule has 0 aliphatic carbocycles. The molecule has 0 unspecified atom stereocenters. The minimum atomic E-state index is -0.352. The van der Waals surface area contributed by atoms with Gasteiger partial charge in [-0.05, 0) is 24.3 Å². The molecule has 0 atom stereocenters. The monoisotopic (exact) mass is 302 g/mol. The molecule has 0 radical (unpaired) electrons. The van der Waals surface area contributed by atoms with Crippen LogP contribution in [0.3, 0.4) is 0 Å². The van der Waals surface area contributed by atoms with Gasteiger partial charge in [0, 0.05) is 22.7 Å². The number of para-hydroxylation sites is 2. The van der Waals surface area contributed by atoms with Gasteiger partial charge in [-0.1, -0.05) is 30.3 Å². The molecule has 0 saturated heterocycles. The maximum Gasteiger partial charge on any atom is 0.207 e. The first-order valence-corrected chi connectivity index (χ1v) is 7.10. The molecule has 2 aromatic carbocycles. The van der Waals surface area contributed by atoms with E-state index in [1.807, 2.05) is 30.3 Å². The van der Waals surface area contributed by atoms with Crippen molar-refractivity contribution in [2.45, 2.75) is 0 Å². The summed E-state index contributed by atoms with van der Waals surface area (Å²) in [6, 6.07) is 16.6. The fourth-order valence-electron chi connectivity index (χ4n) is 2.49. The number of aromatic nitrogens is 1. The van der Waals surface area contributed by atoms with Gasteiger partial charge in [-0.2, -0.15) is 5.26 Å².